The number of nitrogens with zero attached hydrogens (tertiary/aromatic N) is 3. The number of thioether (sulfide) groups is 1. The number of halogens is 1. The number of hydrogen-bond donors (Lipinski definition) is 1. The minimum atomic E-state index is -0.305. The molecule has 1 N–H and O–H groups in total. The first-order valence-corrected chi connectivity index (χ1v) is 8.98. The van der Waals surface area contributed by atoms with Crippen molar-refractivity contribution in [3.05, 3.63) is 81.9 Å². The molecule has 0 aliphatic carbocycles. The smallest absolute Gasteiger partial charge is 0.285 e. The van der Waals surface area contributed by atoms with Crippen molar-refractivity contribution in [2.24, 2.45) is 0 Å². The van der Waals surface area contributed by atoms with Gasteiger partial charge in [0.2, 0.25) is 0 Å². The summed E-state index contributed by atoms with van der Waals surface area (Å²) >= 11 is 7.43. The second-order valence-electron chi connectivity index (χ2n) is 5.42. The van der Waals surface area contributed by atoms with Crippen LogP contribution >= 0.6 is 23.4 Å². The summed E-state index contributed by atoms with van der Waals surface area (Å²) in [6.45, 7) is 0. The Kier molecular flexibility index (Phi) is 4.29. The number of aromatic nitrogens is 4. The van der Waals surface area contributed by atoms with E-state index in [1.807, 2.05) is 42.5 Å². The Morgan fingerprint density at radius 2 is 1.84 bits per heavy atom. The van der Waals surface area contributed by atoms with Crippen molar-refractivity contribution in [2.75, 3.05) is 0 Å². The highest BCUT2D eigenvalue weighted by molar-refractivity contribution is 7.98. The third-order valence-electron chi connectivity index (χ3n) is 3.73. The van der Waals surface area contributed by atoms with Crippen LogP contribution in [0.2, 0.25) is 5.02 Å². The van der Waals surface area contributed by atoms with E-state index in [1.165, 1.54) is 21.8 Å². The molecule has 0 aliphatic rings. The van der Waals surface area contributed by atoms with Crippen LogP contribution in [0, 0.1) is 0 Å². The zero-order valence-corrected chi connectivity index (χ0v) is 14.6. The van der Waals surface area contributed by atoms with E-state index in [0.29, 0.717) is 15.8 Å². The molecule has 4 aromatic rings. The monoisotopic (exact) mass is 368 g/mol. The zero-order valence-electron chi connectivity index (χ0n) is 13.0. The second kappa shape index (κ2) is 6.74. The summed E-state index contributed by atoms with van der Waals surface area (Å²) < 4.78 is 1.27. The molecular weight excluding hydrogens is 356 g/mol. The first-order chi connectivity index (χ1) is 12.2. The van der Waals surface area contributed by atoms with Gasteiger partial charge in [-0.05, 0) is 23.3 Å². The largest absolute Gasteiger partial charge is 0.350 e. The summed E-state index contributed by atoms with van der Waals surface area (Å²) in [5.74, 6) is 0.727. The van der Waals surface area contributed by atoms with Crippen LogP contribution in [-0.4, -0.2) is 19.6 Å². The number of hydrogen-bond acceptors (Lipinski definition) is 4. The molecule has 0 saturated heterocycles. The normalized spacial score (nSPS) is 11.1. The SMILES string of the molecule is O=c1[nH]c(SCc2ccccc2)nc2c(-c3ccc(Cl)cc3)cnn12. The van der Waals surface area contributed by atoms with E-state index in [4.69, 9.17) is 11.6 Å². The van der Waals surface area contributed by atoms with Crippen molar-refractivity contribution >= 4 is 29.0 Å². The van der Waals surface area contributed by atoms with Gasteiger partial charge in [0.25, 0.3) is 0 Å². The summed E-state index contributed by atoms with van der Waals surface area (Å²) in [7, 11) is 0. The highest BCUT2D eigenvalue weighted by atomic mass is 35.5. The van der Waals surface area contributed by atoms with E-state index >= 15 is 0 Å². The Bertz CT molecular complexity index is 1070. The summed E-state index contributed by atoms with van der Waals surface area (Å²) in [6.07, 6.45) is 1.65. The van der Waals surface area contributed by atoms with Crippen LogP contribution in [0.5, 0.6) is 0 Å². The van der Waals surface area contributed by atoms with Crippen LogP contribution < -0.4 is 5.69 Å². The van der Waals surface area contributed by atoms with Crippen molar-refractivity contribution in [3.8, 4) is 11.1 Å². The lowest BCUT2D eigenvalue weighted by Crippen LogP contribution is -2.19. The highest BCUT2D eigenvalue weighted by Gasteiger charge is 2.12. The summed E-state index contributed by atoms with van der Waals surface area (Å²) in [6, 6.07) is 17.4. The fourth-order valence-electron chi connectivity index (χ4n) is 2.49. The minimum absolute atomic E-state index is 0.305. The van der Waals surface area contributed by atoms with Gasteiger partial charge < -0.3 is 0 Å². The Morgan fingerprint density at radius 1 is 1.08 bits per heavy atom. The first-order valence-electron chi connectivity index (χ1n) is 7.61. The van der Waals surface area contributed by atoms with Gasteiger partial charge in [-0.1, -0.05) is 65.8 Å². The fraction of sp³-hybridized carbons (Fsp3) is 0.0556. The predicted octanol–water partition coefficient (Wildman–Crippen LogP) is 4.03. The molecule has 0 fully saturated rings. The molecule has 0 unspecified atom stereocenters. The highest BCUT2D eigenvalue weighted by Crippen LogP contribution is 2.25. The summed E-state index contributed by atoms with van der Waals surface area (Å²) in [5.41, 5.74) is 3.10. The van der Waals surface area contributed by atoms with Crippen molar-refractivity contribution in [2.45, 2.75) is 10.9 Å². The molecular formula is C18H13ClN4OS. The molecule has 4 rings (SSSR count). The molecule has 0 radical (unpaired) electrons. The number of aromatic amines is 1. The Balaban J connectivity index is 1.71. The number of benzene rings is 2. The van der Waals surface area contributed by atoms with E-state index in [-0.39, 0.29) is 5.69 Å². The van der Waals surface area contributed by atoms with Gasteiger partial charge in [0.05, 0.1) is 6.20 Å². The van der Waals surface area contributed by atoms with Gasteiger partial charge in [-0.3, -0.25) is 4.98 Å². The van der Waals surface area contributed by atoms with Crippen molar-refractivity contribution < 1.29 is 0 Å². The molecule has 5 nitrogen and oxygen atoms in total. The van der Waals surface area contributed by atoms with Gasteiger partial charge in [0.1, 0.15) is 0 Å². The summed E-state index contributed by atoms with van der Waals surface area (Å²) in [5, 5.41) is 5.37. The van der Waals surface area contributed by atoms with Crippen LogP contribution in [0.25, 0.3) is 16.8 Å². The maximum Gasteiger partial charge on any atom is 0.350 e. The van der Waals surface area contributed by atoms with E-state index < -0.39 is 0 Å². The van der Waals surface area contributed by atoms with Gasteiger partial charge in [-0.15, -0.1) is 0 Å². The van der Waals surface area contributed by atoms with E-state index in [0.717, 1.165) is 16.9 Å². The fourth-order valence-corrected chi connectivity index (χ4v) is 3.43. The maximum absolute atomic E-state index is 12.3. The van der Waals surface area contributed by atoms with Crippen LogP contribution in [-0.2, 0) is 5.75 Å². The van der Waals surface area contributed by atoms with Crippen LogP contribution in [0.1, 0.15) is 5.56 Å². The van der Waals surface area contributed by atoms with Gasteiger partial charge in [0, 0.05) is 16.3 Å². The van der Waals surface area contributed by atoms with Crippen molar-refractivity contribution in [1.82, 2.24) is 19.6 Å². The quantitative estimate of drug-likeness (QED) is 0.552. The van der Waals surface area contributed by atoms with Crippen LogP contribution in [0.4, 0.5) is 0 Å². The van der Waals surface area contributed by atoms with Crippen LogP contribution in [0.3, 0.4) is 0 Å². The van der Waals surface area contributed by atoms with E-state index in [2.05, 4.69) is 15.1 Å². The maximum atomic E-state index is 12.3. The molecule has 0 amide bonds. The van der Waals surface area contributed by atoms with E-state index in [9.17, 15) is 4.79 Å². The molecule has 0 aliphatic heterocycles. The van der Waals surface area contributed by atoms with Gasteiger partial charge in [-0.25, -0.2) is 9.78 Å². The van der Waals surface area contributed by atoms with Gasteiger partial charge >= 0.3 is 5.69 Å². The third kappa shape index (κ3) is 3.31. The average Bonchev–Trinajstić information content (AvgIpc) is 3.06. The molecule has 7 heteroatoms. The number of H-pyrrole nitrogens is 1. The van der Waals surface area contributed by atoms with Crippen molar-refractivity contribution in [3.63, 3.8) is 0 Å². The zero-order chi connectivity index (χ0) is 17.2. The van der Waals surface area contributed by atoms with E-state index in [1.54, 1.807) is 18.3 Å². The number of nitrogens with one attached hydrogen (secondary N) is 1. The van der Waals surface area contributed by atoms with Gasteiger partial charge in [0.15, 0.2) is 10.8 Å². The lowest BCUT2D eigenvalue weighted by molar-refractivity contribution is 0.786. The molecule has 0 bridgehead atoms. The Labute approximate surface area is 152 Å². The molecule has 25 heavy (non-hydrogen) atoms. The molecule has 124 valence electrons. The third-order valence-corrected chi connectivity index (χ3v) is 4.93. The molecule has 2 aromatic heterocycles. The lowest BCUT2D eigenvalue weighted by atomic mass is 10.1. The van der Waals surface area contributed by atoms with Crippen molar-refractivity contribution in [1.29, 1.82) is 0 Å². The number of rotatable bonds is 4. The standard InChI is InChI=1S/C18H13ClN4OS/c19-14-8-6-13(7-9-14)15-10-20-23-16(15)21-17(22-18(23)24)25-11-12-4-2-1-3-5-12/h1-10H,11H2,(H,21,22,24). The topological polar surface area (TPSA) is 63.0 Å². The number of fused-ring (bicyclic) bond motifs is 1. The average molecular weight is 369 g/mol. The summed E-state index contributed by atoms with van der Waals surface area (Å²) in [4.78, 5) is 19.6. The second-order valence-corrected chi connectivity index (χ2v) is 6.82. The lowest BCUT2D eigenvalue weighted by Gasteiger charge is -2.03. The predicted molar refractivity (Wildman–Crippen MR) is 100 cm³/mol. The molecule has 0 atom stereocenters. The van der Waals surface area contributed by atoms with Crippen LogP contribution in [0.15, 0.2) is 70.7 Å². The molecule has 2 heterocycles. The Morgan fingerprint density at radius 3 is 2.60 bits per heavy atom. The first kappa shape index (κ1) is 15.9. The Hall–Kier alpha value is -2.57. The molecule has 2 aromatic carbocycles. The molecule has 0 spiro atoms. The minimum Gasteiger partial charge on any atom is -0.285 e. The van der Waals surface area contributed by atoms with Gasteiger partial charge in [-0.2, -0.15) is 9.61 Å². The molecule has 0 saturated carbocycles.